The molecule has 10 heteroatoms. The molecule has 4 rings (SSSR count). The summed E-state index contributed by atoms with van der Waals surface area (Å²) in [4.78, 5) is 27.8. The second-order valence-electron chi connectivity index (χ2n) is 8.95. The quantitative estimate of drug-likeness (QED) is 0.692. The van der Waals surface area contributed by atoms with Crippen molar-refractivity contribution < 1.29 is 18.0 Å². The second kappa shape index (κ2) is 10.6. The first kappa shape index (κ1) is 24.3. The van der Waals surface area contributed by atoms with Gasteiger partial charge in [-0.05, 0) is 44.0 Å². The molecule has 0 bridgehead atoms. The van der Waals surface area contributed by atoms with E-state index in [9.17, 15) is 18.0 Å². The number of hydrogen-bond acceptors (Lipinski definition) is 6. The Balaban J connectivity index is 1.20. The van der Waals surface area contributed by atoms with Crippen molar-refractivity contribution in [2.45, 2.75) is 25.9 Å². The highest BCUT2D eigenvalue weighted by atomic mass is 19.4. The van der Waals surface area contributed by atoms with Crippen molar-refractivity contribution in [3.63, 3.8) is 0 Å². The van der Waals surface area contributed by atoms with Crippen LogP contribution in [-0.2, 0) is 11.0 Å². The van der Waals surface area contributed by atoms with E-state index in [2.05, 4.69) is 25.1 Å². The van der Waals surface area contributed by atoms with E-state index < -0.39 is 11.7 Å². The molecule has 2 aliphatic heterocycles. The number of carbonyl (C=O) groups excluding carboxylic acids is 1. The zero-order valence-electron chi connectivity index (χ0n) is 19.4. The van der Waals surface area contributed by atoms with Crippen LogP contribution in [0.4, 0.5) is 24.8 Å². The fourth-order valence-electron chi connectivity index (χ4n) is 4.55. The van der Waals surface area contributed by atoms with Gasteiger partial charge in [-0.25, -0.2) is 9.97 Å². The predicted molar refractivity (Wildman–Crippen MR) is 125 cm³/mol. The summed E-state index contributed by atoms with van der Waals surface area (Å²) in [6.45, 7) is 7.47. The Morgan fingerprint density at radius 1 is 1.12 bits per heavy atom. The number of aromatic nitrogens is 2. The number of nitrogens with one attached hydrogen (secondary N) is 1. The van der Waals surface area contributed by atoms with Crippen LogP contribution < -0.4 is 15.1 Å². The lowest BCUT2D eigenvalue weighted by Gasteiger charge is -2.36. The minimum absolute atomic E-state index is 0.0555. The molecule has 0 spiro atoms. The summed E-state index contributed by atoms with van der Waals surface area (Å²) in [6, 6.07) is 7.35. The van der Waals surface area contributed by atoms with E-state index in [1.807, 2.05) is 17.9 Å². The standard InChI is InChI=1S/C24H31F3N6O/c1-18-7-8-29-23(30-18)33-10-3-4-19(17-33)22(34)28-9-11-31-12-14-32(15-13-31)21-6-2-5-20(16-21)24(25,26)27/h2,5-8,16,19H,3-4,9-15,17H2,1H3,(H,28,34). The smallest absolute Gasteiger partial charge is 0.369 e. The largest absolute Gasteiger partial charge is 0.416 e. The van der Waals surface area contributed by atoms with Gasteiger partial charge in [-0.1, -0.05) is 6.07 Å². The number of amides is 1. The van der Waals surface area contributed by atoms with Crippen LogP contribution in [0.25, 0.3) is 0 Å². The van der Waals surface area contributed by atoms with Crippen molar-refractivity contribution >= 4 is 17.5 Å². The van der Waals surface area contributed by atoms with E-state index >= 15 is 0 Å². The minimum atomic E-state index is -4.33. The molecule has 1 atom stereocenters. The van der Waals surface area contributed by atoms with Crippen LogP contribution in [0.1, 0.15) is 24.1 Å². The number of piperazine rings is 1. The molecular weight excluding hydrogens is 445 g/mol. The Bertz CT molecular complexity index is 977. The van der Waals surface area contributed by atoms with E-state index in [0.29, 0.717) is 37.8 Å². The van der Waals surface area contributed by atoms with Gasteiger partial charge in [-0.15, -0.1) is 0 Å². The van der Waals surface area contributed by atoms with Gasteiger partial charge in [0.25, 0.3) is 0 Å². The number of halogens is 3. The number of rotatable bonds is 6. The van der Waals surface area contributed by atoms with E-state index in [0.717, 1.165) is 50.8 Å². The Kier molecular flexibility index (Phi) is 7.55. The molecule has 34 heavy (non-hydrogen) atoms. The Morgan fingerprint density at radius 2 is 1.91 bits per heavy atom. The number of nitrogens with zero attached hydrogens (tertiary/aromatic N) is 5. The maximum atomic E-state index is 13.0. The molecule has 2 saturated heterocycles. The van der Waals surface area contributed by atoms with Crippen molar-refractivity contribution in [2.75, 3.05) is 62.2 Å². The van der Waals surface area contributed by atoms with Crippen LogP contribution in [0.2, 0.25) is 0 Å². The van der Waals surface area contributed by atoms with Crippen LogP contribution in [0.15, 0.2) is 36.5 Å². The number of carbonyl (C=O) groups is 1. The molecule has 7 nitrogen and oxygen atoms in total. The normalized spacial score (nSPS) is 19.8. The highest BCUT2D eigenvalue weighted by molar-refractivity contribution is 5.79. The Morgan fingerprint density at radius 3 is 2.65 bits per heavy atom. The number of aryl methyl sites for hydroxylation is 1. The molecule has 2 fully saturated rings. The molecule has 0 saturated carbocycles. The topological polar surface area (TPSA) is 64.6 Å². The van der Waals surface area contributed by atoms with Gasteiger partial charge >= 0.3 is 6.18 Å². The summed E-state index contributed by atoms with van der Waals surface area (Å²) in [5, 5.41) is 3.06. The number of alkyl halides is 3. The molecule has 1 aromatic carbocycles. The van der Waals surface area contributed by atoms with Gasteiger partial charge in [0, 0.05) is 69.9 Å². The summed E-state index contributed by atoms with van der Waals surface area (Å²) in [5.41, 5.74) is 0.886. The summed E-state index contributed by atoms with van der Waals surface area (Å²) >= 11 is 0. The van der Waals surface area contributed by atoms with Crippen LogP contribution in [0, 0.1) is 12.8 Å². The van der Waals surface area contributed by atoms with Crippen molar-refractivity contribution in [1.82, 2.24) is 20.2 Å². The Hall–Kier alpha value is -2.88. The van der Waals surface area contributed by atoms with Gasteiger partial charge in [0.05, 0.1) is 11.5 Å². The lowest BCUT2D eigenvalue weighted by molar-refractivity contribution is -0.137. The summed E-state index contributed by atoms with van der Waals surface area (Å²) < 4.78 is 39.0. The third-order valence-electron chi connectivity index (χ3n) is 6.50. The van der Waals surface area contributed by atoms with Crippen molar-refractivity contribution in [2.24, 2.45) is 5.92 Å². The lowest BCUT2D eigenvalue weighted by atomic mass is 9.97. The highest BCUT2D eigenvalue weighted by Crippen LogP contribution is 2.31. The number of anilines is 2. The number of benzene rings is 1. The first-order valence-electron chi connectivity index (χ1n) is 11.8. The van der Waals surface area contributed by atoms with E-state index in [1.54, 1.807) is 12.3 Å². The fraction of sp³-hybridized carbons (Fsp3) is 0.542. The van der Waals surface area contributed by atoms with E-state index in [-0.39, 0.29) is 11.8 Å². The second-order valence-corrected chi connectivity index (χ2v) is 8.95. The van der Waals surface area contributed by atoms with Crippen LogP contribution in [0.5, 0.6) is 0 Å². The number of hydrogen-bond donors (Lipinski definition) is 1. The maximum absolute atomic E-state index is 13.0. The van der Waals surface area contributed by atoms with Gasteiger partial charge in [0.1, 0.15) is 0 Å². The zero-order chi connectivity index (χ0) is 24.1. The molecule has 0 aliphatic carbocycles. The van der Waals surface area contributed by atoms with Gasteiger partial charge in [0.15, 0.2) is 0 Å². The van der Waals surface area contributed by atoms with Crippen LogP contribution in [0.3, 0.4) is 0 Å². The lowest BCUT2D eigenvalue weighted by Crippen LogP contribution is -2.49. The molecule has 2 aliphatic rings. The highest BCUT2D eigenvalue weighted by Gasteiger charge is 2.31. The average molecular weight is 477 g/mol. The van der Waals surface area contributed by atoms with Crippen LogP contribution >= 0.6 is 0 Å². The Labute approximate surface area is 198 Å². The third kappa shape index (κ3) is 6.16. The molecular formula is C24H31F3N6O. The monoisotopic (exact) mass is 476 g/mol. The van der Waals surface area contributed by atoms with Gasteiger partial charge in [0.2, 0.25) is 11.9 Å². The molecule has 1 amide bonds. The molecule has 1 unspecified atom stereocenters. The van der Waals surface area contributed by atoms with Crippen molar-refractivity contribution in [3.05, 3.63) is 47.8 Å². The predicted octanol–water partition coefficient (Wildman–Crippen LogP) is 2.96. The zero-order valence-corrected chi connectivity index (χ0v) is 19.4. The molecule has 0 radical (unpaired) electrons. The van der Waals surface area contributed by atoms with E-state index in [4.69, 9.17) is 0 Å². The average Bonchev–Trinajstić information content (AvgIpc) is 2.84. The molecule has 184 valence electrons. The first-order valence-corrected chi connectivity index (χ1v) is 11.8. The van der Waals surface area contributed by atoms with Crippen molar-refractivity contribution in [3.8, 4) is 0 Å². The maximum Gasteiger partial charge on any atom is 0.416 e. The van der Waals surface area contributed by atoms with Gasteiger partial charge in [-0.3, -0.25) is 9.69 Å². The summed E-state index contributed by atoms with van der Waals surface area (Å²) in [6.07, 6.45) is -0.816. The third-order valence-corrected chi connectivity index (χ3v) is 6.50. The molecule has 3 heterocycles. The van der Waals surface area contributed by atoms with Crippen molar-refractivity contribution in [1.29, 1.82) is 0 Å². The van der Waals surface area contributed by atoms with Crippen LogP contribution in [-0.4, -0.2) is 73.1 Å². The first-order chi connectivity index (χ1) is 16.3. The summed E-state index contributed by atoms with van der Waals surface area (Å²) in [7, 11) is 0. The molecule has 1 N–H and O–H groups in total. The molecule has 2 aromatic rings. The minimum Gasteiger partial charge on any atom is -0.369 e. The van der Waals surface area contributed by atoms with Gasteiger partial charge < -0.3 is 15.1 Å². The van der Waals surface area contributed by atoms with Gasteiger partial charge in [-0.2, -0.15) is 13.2 Å². The number of piperidine rings is 1. The molecule has 1 aromatic heterocycles. The van der Waals surface area contributed by atoms with E-state index in [1.165, 1.54) is 12.1 Å². The summed E-state index contributed by atoms with van der Waals surface area (Å²) in [5.74, 6) is 0.645. The SMILES string of the molecule is Cc1ccnc(N2CCCC(C(=O)NCCN3CCN(c4cccc(C(F)(F)F)c4)CC3)C2)n1. The fourth-order valence-corrected chi connectivity index (χ4v) is 4.55.